The molecule has 4 nitrogen and oxygen atoms in total. The molecule has 0 radical (unpaired) electrons. The normalized spacial score (nSPS) is 13.2. The van der Waals surface area contributed by atoms with Gasteiger partial charge in [0.15, 0.2) is 0 Å². The molecule has 2 rings (SSSR count). The average Bonchev–Trinajstić information content (AvgIpc) is 3.12. The van der Waals surface area contributed by atoms with E-state index >= 15 is 0 Å². The van der Waals surface area contributed by atoms with Gasteiger partial charge in [-0.1, -0.05) is 42.3 Å². The van der Waals surface area contributed by atoms with Gasteiger partial charge in [0.1, 0.15) is 6.04 Å². The average molecular weight is 410 g/mol. The number of hydrogen-bond donors (Lipinski definition) is 1. The monoisotopic (exact) mass is 409 g/mol. The summed E-state index contributed by atoms with van der Waals surface area (Å²) in [6.45, 7) is 3.90. The Morgan fingerprint density at radius 2 is 2.08 bits per heavy atom. The first-order valence-electron chi connectivity index (χ1n) is 7.70. The van der Waals surface area contributed by atoms with Crippen molar-refractivity contribution in [3.8, 4) is 10.4 Å². The van der Waals surface area contributed by atoms with E-state index in [0.29, 0.717) is 5.56 Å². The van der Waals surface area contributed by atoms with Gasteiger partial charge >= 0.3 is 5.97 Å². The lowest BCUT2D eigenvalue weighted by atomic mass is 9.98. The number of esters is 1. The van der Waals surface area contributed by atoms with E-state index in [4.69, 9.17) is 4.74 Å². The van der Waals surface area contributed by atoms with Crippen LogP contribution in [0.25, 0.3) is 10.4 Å². The number of ether oxygens (including phenoxy) is 1. The molecular weight excluding hydrogens is 390 g/mol. The van der Waals surface area contributed by atoms with Gasteiger partial charge in [0.25, 0.3) is 5.91 Å². The van der Waals surface area contributed by atoms with Gasteiger partial charge in [0.2, 0.25) is 0 Å². The molecule has 1 unspecified atom stereocenters. The summed E-state index contributed by atoms with van der Waals surface area (Å²) in [7, 11) is 1.33. The van der Waals surface area contributed by atoms with Crippen molar-refractivity contribution >= 4 is 39.1 Å². The summed E-state index contributed by atoms with van der Waals surface area (Å²) < 4.78 is 5.73. The lowest BCUT2D eigenvalue weighted by molar-refractivity contribution is -0.144. The van der Waals surface area contributed by atoms with Crippen LogP contribution in [0.5, 0.6) is 0 Å². The second-order valence-electron chi connectivity index (χ2n) is 5.53. The molecule has 1 aromatic heterocycles. The standard InChI is InChI=1S/C18H20BrNO3S/c1-4-11(2)16(18(22)23-3)20-17(21)13-8-7-12(19)10-14(13)15-6-5-9-24-15/h5-11,16H,4H2,1-3H3,(H,20,21)/t11?,16-/m0/s1. The second kappa shape index (κ2) is 8.44. The van der Waals surface area contributed by atoms with E-state index in [1.807, 2.05) is 43.5 Å². The summed E-state index contributed by atoms with van der Waals surface area (Å²) in [5.74, 6) is -0.712. The van der Waals surface area contributed by atoms with Gasteiger partial charge in [-0.15, -0.1) is 11.3 Å². The van der Waals surface area contributed by atoms with Gasteiger partial charge in [-0.2, -0.15) is 0 Å². The summed E-state index contributed by atoms with van der Waals surface area (Å²) in [5.41, 5.74) is 1.38. The Kier molecular flexibility index (Phi) is 6.57. The minimum atomic E-state index is -0.660. The van der Waals surface area contributed by atoms with Crippen LogP contribution in [0, 0.1) is 5.92 Å². The summed E-state index contributed by atoms with van der Waals surface area (Å²) in [6.07, 6.45) is 0.762. The third-order valence-electron chi connectivity index (χ3n) is 3.97. The number of methoxy groups -OCH3 is 1. The number of rotatable bonds is 6. The fraction of sp³-hybridized carbons (Fsp3) is 0.333. The molecule has 0 saturated carbocycles. The predicted octanol–water partition coefficient (Wildman–Crippen LogP) is 4.50. The Bertz CT molecular complexity index is 715. The third-order valence-corrected chi connectivity index (χ3v) is 5.36. The third kappa shape index (κ3) is 4.24. The van der Waals surface area contributed by atoms with Crippen molar-refractivity contribution in [1.82, 2.24) is 5.32 Å². The zero-order valence-electron chi connectivity index (χ0n) is 13.8. The van der Waals surface area contributed by atoms with Crippen LogP contribution in [0.15, 0.2) is 40.2 Å². The van der Waals surface area contributed by atoms with Crippen molar-refractivity contribution < 1.29 is 14.3 Å². The minimum absolute atomic E-state index is 0.0120. The number of amides is 1. The highest BCUT2D eigenvalue weighted by molar-refractivity contribution is 9.10. The largest absolute Gasteiger partial charge is 0.467 e. The topological polar surface area (TPSA) is 55.4 Å². The zero-order chi connectivity index (χ0) is 17.7. The summed E-state index contributed by atoms with van der Waals surface area (Å²) in [5, 5.41) is 4.80. The molecule has 1 heterocycles. The molecule has 0 spiro atoms. The van der Waals surface area contributed by atoms with Gasteiger partial charge < -0.3 is 10.1 Å². The van der Waals surface area contributed by atoms with Crippen LogP contribution in [-0.4, -0.2) is 25.0 Å². The van der Waals surface area contributed by atoms with E-state index in [1.54, 1.807) is 17.4 Å². The van der Waals surface area contributed by atoms with Crippen molar-refractivity contribution in [3.05, 3.63) is 45.7 Å². The molecule has 0 bridgehead atoms. The first-order valence-corrected chi connectivity index (χ1v) is 9.37. The van der Waals surface area contributed by atoms with Crippen molar-refractivity contribution in [1.29, 1.82) is 0 Å². The molecular formula is C18H20BrNO3S. The number of carbonyl (C=O) groups is 2. The van der Waals surface area contributed by atoms with Crippen LogP contribution in [-0.2, 0) is 9.53 Å². The molecule has 2 aromatic rings. The van der Waals surface area contributed by atoms with Gasteiger partial charge in [0, 0.05) is 20.5 Å². The predicted molar refractivity (Wildman–Crippen MR) is 100 cm³/mol. The molecule has 1 amide bonds. The number of nitrogens with one attached hydrogen (secondary N) is 1. The number of hydrogen-bond acceptors (Lipinski definition) is 4. The first kappa shape index (κ1) is 18.7. The van der Waals surface area contributed by atoms with Crippen molar-refractivity contribution in [2.75, 3.05) is 7.11 Å². The summed E-state index contributed by atoms with van der Waals surface area (Å²) in [4.78, 5) is 25.8. The maximum atomic E-state index is 12.8. The Hall–Kier alpha value is -1.66. The Morgan fingerprint density at radius 1 is 1.33 bits per heavy atom. The fourth-order valence-electron chi connectivity index (χ4n) is 2.37. The molecule has 0 aliphatic rings. The van der Waals surface area contributed by atoms with E-state index in [-0.39, 0.29) is 11.8 Å². The summed E-state index contributed by atoms with van der Waals surface area (Å²) in [6, 6.07) is 8.75. The molecule has 0 saturated heterocycles. The molecule has 24 heavy (non-hydrogen) atoms. The van der Waals surface area contributed by atoms with Crippen molar-refractivity contribution in [2.24, 2.45) is 5.92 Å². The molecule has 0 aliphatic carbocycles. The molecule has 6 heteroatoms. The van der Waals surface area contributed by atoms with E-state index in [2.05, 4.69) is 21.2 Å². The van der Waals surface area contributed by atoms with Crippen LogP contribution >= 0.6 is 27.3 Å². The SMILES string of the molecule is CCC(C)[C@H](NC(=O)c1ccc(Br)cc1-c1cccs1)C(=O)OC. The summed E-state index contributed by atoms with van der Waals surface area (Å²) >= 11 is 5.01. The lowest BCUT2D eigenvalue weighted by Crippen LogP contribution is -2.45. The number of halogens is 1. The second-order valence-corrected chi connectivity index (χ2v) is 7.39. The van der Waals surface area contributed by atoms with Crippen molar-refractivity contribution in [2.45, 2.75) is 26.3 Å². The molecule has 0 aliphatic heterocycles. The highest BCUT2D eigenvalue weighted by Gasteiger charge is 2.28. The van der Waals surface area contributed by atoms with E-state index < -0.39 is 12.0 Å². The van der Waals surface area contributed by atoms with Gasteiger partial charge in [-0.25, -0.2) is 4.79 Å². The highest BCUT2D eigenvalue weighted by atomic mass is 79.9. The van der Waals surface area contributed by atoms with E-state index in [9.17, 15) is 9.59 Å². The maximum absolute atomic E-state index is 12.8. The first-order chi connectivity index (χ1) is 11.5. The van der Waals surface area contributed by atoms with Crippen LogP contribution in [0.2, 0.25) is 0 Å². The Morgan fingerprint density at radius 3 is 2.67 bits per heavy atom. The lowest BCUT2D eigenvalue weighted by Gasteiger charge is -2.22. The minimum Gasteiger partial charge on any atom is -0.467 e. The molecule has 1 aromatic carbocycles. The van der Waals surface area contributed by atoms with Crippen molar-refractivity contribution in [3.63, 3.8) is 0 Å². The van der Waals surface area contributed by atoms with Crippen LogP contribution in [0.4, 0.5) is 0 Å². The fourth-order valence-corrected chi connectivity index (χ4v) is 3.48. The zero-order valence-corrected chi connectivity index (χ0v) is 16.2. The molecule has 1 N–H and O–H groups in total. The quantitative estimate of drug-likeness (QED) is 0.714. The number of thiophene rings is 1. The smallest absolute Gasteiger partial charge is 0.328 e. The molecule has 0 fully saturated rings. The van der Waals surface area contributed by atoms with Crippen LogP contribution in [0.1, 0.15) is 30.6 Å². The van der Waals surface area contributed by atoms with E-state index in [0.717, 1.165) is 21.3 Å². The van der Waals surface area contributed by atoms with Gasteiger partial charge in [-0.3, -0.25) is 4.79 Å². The van der Waals surface area contributed by atoms with Gasteiger partial charge in [0.05, 0.1) is 7.11 Å². The number of benzene rings is 1. The number of carbonyl (C=O) groups excluding carboxylic acids is 2. The van der Waals surface area contributed by atoms with Gasteiger partial charge in [-0.05, 0) is 35.6 Å². The van der Waals surface area contributed by atoms with E-state index in [1.165, 1.54) is 7.11 Å². The van der Waals surface area contributed by atoms with Crippen LogP contribution in [0.3, 0.4) is 0 Å². The maximum Gasteiger partial charge on any atom is 0.328 e. The molecule has 2 atom stereocenters. The molecule has 128 valence electrons. The Balaban J connectivity index is 2.34. The Labute approximate surface area is 154 Å². The highest BCUT2D eigenvalue weighted by Crippen LogP contribution is 2.31. The van der Waals surface area contributed by atoms with Crippen LogP contribution < -0.4 is 5.32 Å².